The fraction of sp³-hybridized carbons (Fsp3) is 0.286. The molecule has 0 bridgehead atoms. The summed E-state index contributed by atoms with van der Waals surface area (Å²) in [7, 11) is 1.54. The minimum Gasteiger partial charge on any atom is -0.493 e. The Hall–Kier alpha value is -2.30. The van der Waals surface area contributed by atoms with Crippen molar-refractivity contribution in [2.24, 2.45) is 0 Å². The Morgan fingerprint density at radius 1 is 1.47 bits per heavy atom. The van der Waals surface area contributed by atoms with Gasteiger partial charge in [0.25, 0.3) is 0 Å². The second-order valence-corrected chi connectivity index (χ2v) is 4.22. The topological polar surface area (TPSA) is 70.1 Å². The number of hydrogen-bond acceptors (Lipinski definition) is 4. The van der Waals surface area contributed by atoms with Gasteiger partial charge in [0.15, 0.2) is 11.5 Å². The molecule has 1 heterocycles. The molecule has 1 aromatic heterocycles. The maximum absolute atomic E-state index is 12.4. The summed E-state index contributed by atoms with van der Waals surface area (Å²) in [6.07, 6.45) is 1.85. The second-order valence-electron chi connectivity index (χ2n) is 4.22. The molecule has 0 unspecified atom stereocenters. The average Bonchev–Trinajstić information content (AvgIpc) is 2.81. The van der Waals surface area contributed by atoms with Crippen LogP contribution in [0.1, 0.15) is 23.0 Å². The first-order valence-electron chi connectivity index (χ1n) is 6.13. The van der Waals surface area contributed by atoms with Crippen LogP contribution in [0, 0.1) is 0 Å². The number of aromatic nitrogens is 2. The number of hydrogen-bond donors (Lipinski definition) is 1. The second kappa shape index (κ2) is 5.56. The molecule has 0 aliphatic carbocycles. The Bertz CT molecular complexity index is 569. The molecule has 100 valence electrons. The molecule has 2 aromatic rings. The molecule has 0 radical (unpaired) electrons. The summed E-state index contributed by atoms with van der Waals surface area (Å²) >= 11 is 0. The lowest BCUT2D eigenvalue weighted by atomic mass is 10.1. The van der Waals surface area contributed by atoms with Gasteiger partial charge >= 0.3 is 0 Å². The van der Waals surface area contributed by atoms with Gasteiger partial charge in [-0.05, 0) is 24.6 Å². The Morgan fingerprint density at radius 3 is 2.89 bits per heavy atom. The van der Waals surface area contributed by atoms with E-state index in [0.717, 1.165) is 5.56 Å². The van der Waals surface area contributed by atoms with Crippen molar-refractivity contribution in [3.63, 3.8) is 0 Å². The van der Waals surface area contributed by atoms with Crippen molar-refractivity contribution in [2.45, 2.75) is 19.9 Å². The normalized spacial score (nSPS) is 10.4. The molecule has 5 nitrogen and oxygen atoms in total. The number of carbonyl (C=O) groups is 1. The molecule has 1 aromatic carbocycles. The standard InChI is InChI=1S/C14H17N3O2/c1-3-17-14(13(19-2)9-16-17)12(18)8-10-5-4-6-11(15)7-10/h4-7,9H,3,8,15H2,1-2H3. The summed E-state index contributed by atoms with van der Waals surface area (Å²) in [6.45, 7) is 2.56. The number of ether oxygens (including phenoxy) is 1. The fourth-order valence-electron chi connectivity index (χ4n) is 2.01. The maximum atomic E-state index is 12.4. The largest absolute Gasteiger partial charge is 0.493 e. The molecule has 0 amide bonds. The van der Waals surface area contributed by atoms with Crippen LogP contribution in [-0.4, -0.2) is 22.7 Å². The summed E-state index contributed by atoms with van der Waals surface area (Å²) in [5.41, 5.74) is 7.76. The molecular formula is C14H17N3O2. The van der Waals surface area contributed by atoms with Gasteiger partial charge in [-0.15, -0.1) is 0 Å². The Labute approximate surface area is 112 Å². The van der Waals surface area contributed by atoms with Gasteiger partial charge < -0.3 is 10.5 Å². The minimum absolute atomic E-state index is 0.0261. The van der Waals surface area contributed by atoms with Crippen LogP contribution in [-0.2, 0) is 13.0 Å². The predicted octanol–water partition coefficient (Wildman–Crippen LogP) is 1.92. The minimum atomic E-state index is -0.0261. The van der Waals surface area contributed by atoms with Gasteiger partial charge in [0, 0.05) is 18.7 Å². The lowest BCUT2D eigenvalue weighted by molar-refractivity contribution is 0.0979. The van der Waals surface area contributed by atoms with Crippen molar-refractivity contribution in [1.29, 1.82) is 0 Å². The fourth-order valence-corrected chi connectivity index (χ4v) is 2.01. The van der Waals surface area contributed by atoms with Crippen molar-refractivity contribution >= 4 is 11.5 Å². The van der Waals surface area contributed by atoms with E-state index in [0.29, 0.717) is 23.7 Å². The van der Waals surface area contributed by atoms with Gasteiger partial charge in [-0.2, -0.15) is 5.10 Å². The number of aryl methyl sites for hydroxylation is 1. The van der Waals surface area contributed by atoms with Crippen LogP contribution in [0.3, 0.4) is 0 Å². The van der Waals surface area contributed by atoms with E-state index in [2.05, 4.69) is 5.10 Å². The van der Waals surface area contributed by atoms with Gasteiger partial charge in [-0.25, -0.2) is 0 Å². The van der Waals surface area contributed by atoms with Crippen LogP contribution in [0.2, 0.25) is 0 Å². The monoisotopic (exact) mass is 259 g/mol. The number of nitrogens with two attached hydrogens (primary N) is 1. The molecule has 5 heteroatoms. The molecule has 0 aliphatic heterocycles. The zero-order valence-electron chi connectivity index (χ0n) is 11.1. The third-order valence-corrected chi connectivity index (χ3v) is 2.91. The number of benzene rings is 1. The molecule has 0 saturated heterocycles. The van der Waals surface area contributed by atoms with E-state index in [-0.39, 0.29) is 12.2 Å². The van der Waals surface area contributed by atoms with Crippen LogP contribution in [0.15, 0.2) is 30.5 Å². The molecule has 0 fully saturated rings. The summed E-state index contributed by atoms with van der Waals surface area (Å²) in [5.74, 6) is 0.484. The third-order valence-electron chi connectivity index (χ3n) is 2.91. The smallest absolute Gasteiger partial charge is 0.189 e. The highest BCUT2D eigenvalue weighted by Gasteiger charge is 2.18. The number of nitrogen functional groups attached to an aromatic ring is 1. The van der Waals surface area contributed by atoms with Crippen molar-refractivity contribution in [2.75, 3.05) is 12.8 Å². The summed E-state index contributed by atoms with van der Waals surface area (Å²) in [6, 6.07) is 7.32. The number of ketones is 1. The highest BCUT2D eigenvalue weighted by molar-refractivity contribution is 5.98. The molecular weight excluding hydrogens is 242 g/mol. The van der Waals surface area contributed by atoms with Gasteiger partial charge in [-0.1, -0.05) is 12.1 Å². The quantitative estimate of drug-likeness (QED) is 0.658. The van der Waals surface area contributed by atoms with E-state index in [1.54, 1.807) is 23.0 Å². The highest BCUT2D eigenvalue weighted by atomic mass is 16.5. The SMILES string of the molecule is CCn1ncc(OC)c1C(=O)Cc1cccc(N)c1. The Balaban J connectivity index is 2.27. The van der Waals surface area contributed by atoms with Crippen molar-refractivity contribution in [3.8, 4) is 5.75 Å². The first kappa shape index (κ1) is 13.1. The summed E-state index contributed by atoms with van der Waals surface area (Å²) < 4.78 is 6.83. The van der Waals surface area contributed by atoms with Gasteiger partial charge in [-0.3, -0.25) is 9.48 Å². The molecule has 0 atom stereocenters. The maximum Gasteiger partial charge on any atom is 0.189 e. The van der Waals surface area contributed by atoms with E-state index in [4.69, 9.17) is 10.5 Å². The number of anilines is 1. The van der Waals surface area contributed by atoms with Gasteiger partial charge in [0.2, 0.25) is 0 Å². The van der Waals surface area contributed by atoms with E-state index in [1.807, 2.05) is 19.1 Å². The molecule has 0 saturated carbocycles. The number of nitrogens with zero attached hydrogens (tertiary/aromatic N) is 2. The van der Waals surface area contributed by atoms with Gasteiger partial charge in [0.05, 0.1) is 13.3 Å². The van der Waals surface area contributed by atoms with Crippen molar-refractivity contribution in [1.82, 2.24) is 9.78 Å². The zero-order valence-corrected chi connectivity index (χ0v) is 11.1. The van der Waals surface area contributed by atoms with E-state index in [1.165, 1.54) is 7.11 Å². The number of Topliss-reactive ketones (excluding diaryl/α,β-unsaturated/α-hetero) is 1. The van der Waals surface area contributed by atoms with Gasteiger partial charge in [0.1, 0.15) is 5.69 Å². The first-order chi connectivity index (χ1) is 9.15. The first-order valence-corrected chi connectivity index (χ1v) is 6.13. The van der Waals surface area contributed by atoms with Crippen LogP contribution >= 0.6 is 0 Å². The van der Waals surface area contributed by atoms with Crippen LogP contribution in [0.4, 0.5) is 5.69 Å². The summed E-state index contributed by atoms with van der Waals surface area (Å²) in [5, 5.41) is 4.13. The van der Waals surface area contributed by atoms with E-state index < -0.39 is 0 Å². The third kappa shape index (κ3) is 2.76. The predicted molar refractivity (Wildman–Crippen MR) is 73.3 cm³/mol. The Morgan fingerprint density at radius 2 is 2.26 bits per heavy atom. The lowest BCUT2D eigenvalue weighted by Crippen LogP contribution is -2.13. The van der Waals surface area contributed by atoms with Crippen molar-refractivity contribution in [3.05, 3.63) is 41.7 Å². The van der Waals surface area contributed by atoms with E-state index >= 15 is 0 Å². The van der Waals surface area contributed by atoms with Crippen LogP contribution in [0.25, 0.3) is 0 Å². The Kier molecular flexibility index (Phi) is 3.85. The molecule has 2 rings (SSSR count). The highest BCUT2D eigenvalue weighted by Crippen LogP contribution is 2.20. The molecule has 0 aliphatic rings. The molecule has 0 spiro atoms. The summed E-state index contributed by atoms with van der Waals surface area (Å²) in [4.78, 5) is 12.4. The zero-order chi connectivity index (χ0) is 13.8. The van der Waals surface area contributed by atoms with Crippen molar-refractivity contribution < 1.29 is 9.53 Å². The molecule has 2 N–H and O–H groups in total. The average molecular weight is 259 g/mol. The van der Waals surface area contributed by atoms with Crippen LogP contribution < -0.4 is 10.5 Å². The number of carbonyl (C=O) groups excluding carboxylic acids is 1. The molecule has 19 heavy (non-hydrogen) atoms. The van der Waals surface area contributed by atoms with E-state index in [9.17, 15) is 4.79 Å². The number of methoxy groups -OCH3 is 1. The lowest BCUT2D eigenvalue weighted by Gasteiger charge is -2.07. The number of rotatable bonds is 5. The van der Waals surface area contributed by atoms with Crippen LogP contribution in [0.5, 0.6) is 5.75 Å².